The summed E-state index contributed by atoms with van der Waals surface area (Å²) in [4.78, 5) is 14.5. The molecule has 0 aromatic rings. The molecule has 1 amide bonds. The summed E-state index contributed by atoms with van der Waals surface area (Å²) in [5.41, 5.74) is 0. The largest absolute Gasteiger partial charge is 0.342 e. The summed E-state index contributed by atoms with van der Waals surface area (Å²) < 4.78 is 0. The lowest BCUT2D eigenvalue weighted by molar-refractivity contribution is -0.136. The van der Waals surface area contributed by atoms with Crippen molar-refractivity contribution in [3.8, 4) is 0 Å². The number of carbonyl (C=O) groups excluding carboxylic acids is 1. The Balaban J connectivity index is 1.85. The number of likely N-dealkylation sites (tertiary alicyclic amines) is 1. The first-order valence-electron chi connectivity index (χ1n) is 7.30. The second-order valence-electron chi connectivity index (χ2n) is 5.57. The Hall–Kier alpha value is -0.570. The number of nitrogens with one attached hydrogen (secondary N) is 1. The third-order valence-corrected chi connectivity index (χ3v) is 4.38. The summed E-state index contributed by atoms with van der Waals surface area (Å²) in [5, 5.41) is 3.34. The number of hydrogen-bond acceptors (Lipinski definition) is 2. The summed E-state index contributed by atoms with van der Waals surface area (Å²) in [6.07, 6.45) is 7.23. The van der Waals surface area contributed by atoms with E-state index in [1.165, 1.54) is 25.7 Å². The average molecular weight is 238 g/mol. The first kappa shape index (κ1) is 12.9. The highest BCUT2D eigenvalue weighted by molar-refractivity contribution is 5.79. The van der Waals surface area contributed by atoms with E-state index in [-0.39, 0.29) is 5.92 Å². The number of hydrogen-bond donors (Lipinski definition) is 1. The fraction of sp³-hybridized carbons (Fsp3) is 0.929. The molecule has 3 nitrogen and oxygen atoms in total. The molecule has 2 aliphatic rings. The van der Waals surface area contributed by atoms with Crippen LogP contribution in [0.15, 0.2) is 0 Å². The highest BCUT2D eigenvalue weighted by Crippen LogP contribution is 2.22. The van der Waals surface area contributed by atoms with Gasteiger partial charge in [0.15, 0.2) is 0 Å². The Kier molecular flexibility index (Phi) is 4.84. The van der Waals surface area contributed by atoms with Crippen molar-refractivity contribution in [1.29, 1.82) is 0 Å². The van der Waals surface area contributed by atoms with E-state index in [2.05, 4.69) is 17.1 Å². The molecule has 1 N–H and O–H groups in total. The summed E-state index contributed by atoms with van der Waals surface area (Å²) in [7, 11) is 0. The number of piperidine rings is 1. The molecule has 0 aromatic heterocycles. The zero-order valence-electron chi connectivity index (χ0n) is 11.1. The molecule has 17 heavy (non-hydrogen) atoms. The van der Waals surface area contributed by atoms with Gasteiger partial charge in [0, 0.05) is 19.6 Å². The molecule has 2 atom stereocenters. The van der Waals surface area contributed by atoms with E-state index >= 15 is 0 Å². The lowest BCUT2D eigenvalue weighted by atomic mass is 9.97. The van der Waals surface area contributed by atoms with E-state index in [1.807, 2.05) is 0 Å². The van der Waals surface area contributed by atoms with Crippen LogP contribution in [0, 0.1) is 11.8 Å². The first-order valence-corrected chi connectivity index (χ1v) is 7.30. The molecule has 98 valence electrons. The van der Waals surface area contributed by atoms with Gasteiger partial charge in [-0.05, 0) is 44.6 Å². The number of carbonyl (C=O) groups is 1. The van der Waals surface area contributed by atoms with Gasteiger partial charge in [0.05, 0.1) is 5.92 Å². The summed E-state index contributed by atoms with van der Waals surface area (Å²) in [6.45, 7) is 6.24. The van der Waals surface area contributed by atoms with Crippen LogP contribution in [0.25, 0.3) is 0 Å². The molecule has 0 aromatic carbocycles. The lowest BCUT2D eigenvalue weighted by Crippen LogP contribution is -2.43. The molecule has 1 unspecified atom stereocenters. The fourth-order valence-corrected chi connectivity index (χ4v) is 3.11. The van der Waals surface area contributed by atoms with Crippen molar-refractivity contribution in [2.75, 3.05) is 26.2 Å². The van der Waals surface area contributed by atoms with Crippen molar-refractivity contribution in [3.05, 3.63) is 0 Å². The van der Waals surface area contributed by atoms with E-state index in [1.54, 1.807) is 0 Å². The highest BCUT2D eigenvalue weighted by atomic mass is 16.2. The van der Waals surface area contributed by atoms with Crippen molar-refractivity contribution in [2.24, 2.45) is 11.8 Å². The Labute approximate surface area is 105 Å². The van der Waals surface area contributed by atoms with Gasteiger partial charge >= 0.3 is 0 Å². The minimum atomic E-state index is 0.252. The molecule has 3 heteroatoms. The molecule has 0 radical (unpaired) electrons. The van der Waals surface area contributed by atoms with Crippen molar-refractivity contribution in [3.63, 3.8) is 0 Å². The zero-order valence-corrected chi connectivity index (χ0v) is 11.1. The van der Waals surface area contributed by atoms with Crippen LogP contribution in [0.5, 0.6) is 0 Å². The lowest BCUT2D eigenvalue weighted by Gasteiger charge is -2.28. The smallest absolute Gasteiger partial charge is 0.226 e. The van der Waals surface area contributed by atoms with Gasteiger partial charge in [0.1, 0.15) is 0 Å². The van der Waals surface area contributed by atoms with Crippen molar-refractivity contribution >= 4 is 5.91 Å². The maximum atomic E-state index is 12.4. The molecular formula is C14H26N2O. The van der Waals surface area contributed by atoms with E-state index in [4.69, 9.17) is 0 Å². The Morgan fingerprint density at radius 3 is 2.82 bits per heavy atom. The molecule has 0 spiro atoms. The van der Waals surface area contributed by atoms with Crippen LogP contribution < -0.4 is 5.32 Å². The van der Waals surface area contributed by atoms with Gasteiger partial charge < -0.3 is 10.2 Å². The van der Waals surface area contributed by atoms with Crippen LogP contribution >= 0.6 is 0 Å². The average Bonchev–Trinajstić information content (AvgIpc) is 2.64. The molecule has 2 heterocycles. The number of nitrogens with zero attached hydrogens (tertiary/aromatic N) is 1. The first-order chi connectivity index (χ1) is 8.31. The van der Waals surface area contributed by atoms with Crippen LogP contribution in [-0.4, -0.2) is 37.0 Å². The molecular weight excluding hydrogens is 212 g/mol. The van der Waals surface area contributed by atoms with Gasteiger partial charge in [0.25, 0.3) is 0 Å². The van der Waals surface area contributed by atoms with E-state index in [0.29, 0.717) is 5.91 Å². The Bertz CT molecular complexity index is 249. The van der Waals surface area contributed by atoms with E-state index in [9.17, 15) is 4.79 Å². The van der Waals surface area contributed by atoms with Crippen LogP contribution in [0.2, 0.25) is 0 Å². The van der Waals surface area contributed by atoms with Gasteiger partial charge in [0.2, 0.25) is 5.91 Å². The van der Waals surface area contributed by atoms with Gasteiger partial charge in [-0.1, -0.05) is 13.3 Å². The second-order valence-corrected chi connectivity index (χ2v) is 5.57. The second kappa shape index (κ2) is 6.39. The summed E-state index contributed by atoms with van der Waals surface area (Å²) in [5.74, 6) is 1.51. The van der Waals surface area contributed by atoms with Gasteiger partial charge in [-0.15, -0.1) is 0 Å². The number of rotatable bonds is 2. The van der Waals surface area contributed by atoms with Gasteiger partial charge in [-0.3, -0.25) is 4.79 Å². The quantitative estimate of drug-likeness (QED) is 0.798. The zero-order chi connectivity index (χ0) is 12.1. The number of amides is 1. The standard InChI is InChI=1S/C14H26N2O/c1-2-12-5-4-9-16(10-7-12)14(17)13-6-3-8-15-11-13/h12-13,15H,2-11H2,1H3/t12?,13-/m0/s1. The van der Waals surface area contributed by atoms with Crippen LogP contribution in [0.3, 0.4) is 0 Å². The van der Waals surface area contributed by atoms with Gasteiger partial charge in [-0.25, -0.2) is 0 Å². The maximum Gasteiger partial charge on any atom is 0.226 e. The molecule has 2 fully saturated rings. The third-order valence-electron chi connectivity index (χ3n) is 4.38. The summed E-state index contributed by atoms with van der Waals surface area (Å²) >= 11 is 0. The van der Waals surface area contributed by atoms with Crippen LogP contribution in [-0.2, 0) is 4.79 Å². The minimum absolute atomic E-state index is 0.252. The van der Waals surface area contributed by atoms with E-state index in [0.717, 1.165) is 44.9 Å². The molecule has 0 saturated carbocycles. The normalized spacial score (nSPS) is 31.0. The Morgan fingerprint density at radius 1 is 1.24 bits per heavy atom. The van der Waals surface area contributed by atoms with Crippen LogP contribution in [0.1, 0.15) is 45.4 Å². The Morgan fingerprint density at radius 2 is 2.12 bits per heavy atom. The van der Waals surface area contributed by atoms with Crippen molar-refractivity contribution in [1.82, 2.24) is 10.2 Å². The predicted octanol–water partition coefficient (Wildman–Crippen LogP) is 2.02. The third kappa shape index (κ3) is 3.44. The van der Waals surface area contributed by atoms with Crippen molar-refractivity contribution in [2.45, 2.75) is 45.4 Å². The molecule has 0 aliphatic carbocycles. The molecule has 2 rings (SSSR count). The molecule has 2 aliphatic heterocycles. The maximum absolute atomic E-state index is 12.4. The summed E-state index contributed by atoms with van der Waals surface area (Å²) in [6, 6.07) is 0. The minimum Gasteiger partial charge on any atom is -0.342 e. The van der Waals surface area contributed by atoms with E-state index < -0.39 is 0 Å². The predicted molar refractivity (Wildman–Crippen MR) is 69.8 cm³/mol. The topological polar surface area (TPSA) is 32.3 Å². The highest BCUT2D eigenvalue weighted by Gasteiger charge is 2.27. The SMILES string of the molecule is CCC1CCCN(C(=O)[C@H]2CCCNC2)CC1. The van der Waals surface area contributed by atoms with Crippen molar-refractivity contribution < 1.29 is 4.79 Å². The van der Waals surface area contributed by atoms with Gasteiger partial charge in [-0.2, -0.15) is 0 Å². The molecule has 2 saturated heterocycles. The monoisotopic (exact) mass is 238 g/mol. The van der Waals surface area contributed by atoms with Crippen LogP contribution in [0.4, 0.5) is 0 Å². The fourth-order valence-electron chi connectivity index (χ4n) is 3.11. The molecule has 0 bridgehead atoms.